The van der Waals surface area contributed by atoms with Crippen LogP contribution in [0.1, 0.15) is 12.0 Å². The van der Waals surface area contributed by atoms with Gasteiger partial charge in [0.25, 0.3) is 0 Å². The van der Waals surface area contributed by atoms with Crippen molar-refractivity contribution in [3.05, 3.63) is 39.4 Å². The molecule has 1 aromatic rings. The SMILES string of the molecule is O=[N+]([O-])c1cc(C#CCCO)c(F)cc1F. The lowest BCUT2D eigenvalue weighted by atomic mass is 10.2. The molecule has 1 N–H and O–H groups in total. The molecule has 0 aliphatic heterocycles. The van der Waals surface area contributed by atoms with Crippen LogP contribution in [0.2, 0.25) is 0 Å². The first-order chi connectivity index (χ1) is 7.56. The van der Waals surface area contributed by atoms with Crippen molar-refractivity contribution in [1.82, 2.24) is 0 Å². The maximum absolute atomic E-state index is 13.1. The van der Waals surface area contributed by atoms with Crippen LogP contribution in [0.25, 0.3) is 0 Å². The Hall–Kier alpha value is -2.00. The number of nitro benzene ring substituents is 1. The number of halogens is 2. The van der Waals surface area contributed by atoms with E-state index in [2.05, 4.69) is 11.8 Å². The largest absolute Gasteiger partial charge is 0.395 e. The highest BCUT2D eigenvalue weighted by atomic mass is 19.1. The lowest BCUT2D eigenvalue weighted by molar-refractivity contribution is -0.387. The Morgan fingerprint density at radius 1 is 1.38 bits per heavy atom. The Balaban J connectivity index is 3.16. The van der Waals surface area contributed by atoms with Crippen molar-refractivity contribution in [3.8, 4) is 11.8 Å². The van der Waals surface area contributed by atoms with Crippen LogP contribution in [-0.4, -0.2) is 16.6 Å². The summed E-state index contributed by atoms with van der Waals surface area (Å²) in [4.78, 5) is 9.42. The molecule has 0 saturated carbocycles. The molecule has 84 valence electrons. The fourth-order valence-electron chi connectivity index (χ4n) is 0.987. The Labute approximate surface area is 89.7 Å². The quantitative estimate of drug-likeness (QED) is 0.474. The van der Waals surface area contributed by atoms with Crippen LogP contribution < -0.4 is 0 Å². The van der Waals surface area contributed by atoms with E-state index < -0.39 is 22.2 Å². The first kappa shape index (κ1) is 12.1. The van der Waals surface area contributed by atoms with E-state index >= 15 is 0 Å². The van der Waals surface area contributed by atoms with Gasteiger partial charge in [-0.3, -0.25) is 10.1 Å². The molecule has 6 heteroatoms. The van der Waals surface area contributed by atoms with E-state index in [0.29, 0.717) is 6.07 Å². The van der Waals surface area contributed by atoms with Crippen molar-refractivity contribution < 1.29 is 18.8 Å². The van der Waals surface area contributed by atoms with E-state index in [4.69, 9.17) is 5.11 Å². The minimum atomic E-state index is -1.24. The number of hydrogen-bond donors (Lipinski definition) is 1. The maximum atomic E-state index is 13.1. The first-order valence-electron chi connectivity index (χ1n) is 4.29. The number of rotatable bonds is 2. The molecule has 1 aromatic carbocycles. The Bertz CT molecular complexity index is 477. The molecule has 0 spiro atoms. The number of aliphatic hydroxyl groups excluding tert-OH is 1. The molecule has 0 aromatic heterocycles. The van der Waals surface area contributed by atoms with Crippen LogP contribution in [0, 0.1) is 33.6 Å². The molecule has 0 bridgehead atoms. The second-order valence-corrected chi connectivity index (χ2v) is 2.82. The van der Waals surface area contributed by atoms with Gasteiger partial charge in [0, 0.05) is 18.6 Å². The molecular weight excluding hydrogens is 220 g/mol. The summed E-state index contributed by atoms with van der Waals surface area (Å²) in [5.74, 6) is 2.47. The Kier molecular flexibility index (Phi) is 3.91. The van der Waals surface area contributed by atoms with E-state index in [1.165, 1.54) is 0 Å². The highest BCUT2D eigenvalue weighted by molar-refractivity contribution is 5.45. The van der Waals surface area contributed by atoms with Gasteiger partial charge in [0.2, 0.25) is 5.82 Å². The third-order valence-electron chi connectivity index (χ3n) is 1.69. The van der Waals surface area contributed by atoms with Crippen LogP contribution >= 0.6 is 0 Å². The van der Waals surface area contributed by atoms with Crippen molar-refractivity contribution in [3.63, 3.8) is 0 Å². The van der Waals surface area contributed by atoms with E-state index in [-0.39, 0.29) is 18.6 Å². The van der Waals surface area contributed by atoms with Crippen LogP contribution in [0.5, 0.6) is 0 Å². The van der Waals surface area contributed by atoms with E-state index in [0.717, 1.165) is 6.07 Å². The van der Waals surface area contributed by atoms with Gasteiger partial charge in [-0.2, -0.15) is 4.39 Å². The summed E-state index contributed by atoms with van der Waals surface area (Å²) >= 11 is 0. The molecule has 0 fully saturated rings. The number of hydrogen-bond acceptors (Lipinski definition) is 3. The summed E-state index contributed by atoms with van der Waals surface area (Å²) in [6.45, 7) is -0.197. The van der Waals surface area contributed by atoms with Crippen LogP contribution in [-0.2, 0) is 0 Å². The number of benzene rings is 1. The molecule has 0 heterocycles. The summed E-state index contributed by atoms with van der Waals surface area (Å²) in [6.07, 6.45) is 0.116. The molecule has 0 aliphatic rings. The molecule has 0 amide bonds. The number of nitro groups is 1. The average molecular weight is 227 g/mol. The van der Waals surface area contributed by atoms with Gasteiger partial charge in [-0.1, -0.05) is 11.8 Å². The molecule has 0 atom stereocenters. The molecule has 0 radical (unpaired) electrons. The first-order valence-corrected chi connectivity index (χ1v) is 4.29. The van der Waals surface area contributed by atoms with E-state index in [9.17, 15) is 18.9 Å². The molecule has 0 aliphatic carbocycles. The zero-order valence-corrected chi connectivity index (χ0v) is 8.04. The van der Waals surface area contributed by atoms with Gasteiger partial charge < -0.3 is 5.11 Å². The van der Waals surface area contributed by atoms with Crippen LogP contribution in [0.4, 0.5) is 14.5 Å². The summed E-state index contributed by atoms with van der Waals surface area (Å²) in [7, 11) is 0. The summed E-state index contributed by atoms with van der Waals surface area (Å²) in [6, 6.07) is 1.15. The standard InChI is InChI=1S/C10H7F2NO3/c11-8-6-9(12)10(13(15)16)5-7(8)3-1-2-4-14/h5-6,14H,2,4H2. The van der Waals surface area contributed by atoms with E-state index in [1.54, 1.807) is 0 Å². The molecular formula is C10H7F2NO3. The maximum Gasteiger partial charge on any atom is 0.306 e. The van der Waals surface area contributed by atoms with Gasteiger partial charge in [0.05, 0.1) is 17.1 Å². The predicted molar refractivity (Wildman–Crippen MR) is 51.6 cm³/mol. The third kappa shape index (κ3) is 2.74. The fourth-order valence-corrected chi connectivity index (χ4v) is 0.987. The van der Waals surface area contributed by atoms with Crippen LogP contribution in [0.3, 0.4) is 0 Å². The Morgan fingerprint density at radius 2 is 2.06 bits per heavy atom. The lowest BCUT2D eigenvalue weighted by Gasteiger charge is -1.97. The van der Waals surface area contributed by atoms with Gasteiger partial charge >= 0.3 is 5.69 Å². The van der Waals surface area contributed by atoms with Crippen molar-refractivity contribution in [2.24, 2.45) is 0 Å². The zero-order valence-electron chi connectivity index (χ0n) is 8.04. The summed E-state index contributed by atoms with van der Waals surface area (Å²) in [5, 5.41) is 18.8. The average Bonchev–Trinajstić information content (AvgIpc) is 2.21. The molecule has 4 nitrogen and oxygen atoms in total. The second-order valence-electron chi connectivity index (χ2n) is 2.82. The number of aliphatic hydroxyl groups is 1. The van der Waals surface area contributed by atoms with Gasteiger partial charge in [-0.25, -0.2) is 4.39 Å². The van der Waals surface area contributed by atoms with Crippen molar-refractivity contribution in [1.29, 1.82) is 0 Å². The lowest BCUT2D eigenvalue weighted by Crippen LogP contribution is -1.96. The highest BCUT2D eigenvalue weighted by Gasteiger charge is 2.17. The zero-order chi connectivity index (χ0) is 12.1. The predicted octanol–water partition coefficient (Wildman–Crippen LogP) is 1.61. The topological polar surface area (TPSA) is 63.4 Å². The number of nitrogens with zero attached hydrogens (tertiary/aromatic N) is 1. The smallest absolute Gasteiger partial charge is 0.306 e. The summed E-state index contributed by atoms with van der Waals surface area (Å²) < 4.78 is 26.0. The Morgan fingerprint density at radius 3 is 2.62 bits per heavy atom. The van der Waals surface area contributed by atoms with Crippen molar-refractivity contribution in [2.45, 2.75) is 6.42 Å². The van der Waals surface area contributed by atoms with Crippen LogP contribution in [0.15, 0.2) is 12.1 Å². The van der Waals surface area contributed by atoms with Crippen molar-refractivity contribution >= 4 is 5.69 Å². The highest BCUT2D eigenvalue weighted by Crippen LogP contribution is 2.20. The second kappa shape index (κ2) is 5.19. The van der Waals surface area contributed by atoms with Gasteiger partial charge in [-0.05, 0) is 0 Å². The minimum absolute atomic E-state index is 0.116. The molecule has 0 saturated heterocycles. The van der Waals surface area contributed by atoms with E-state index in [1.807, 2.05) is 0 Å². The molecule has 16 heavy (non-hydrogen) atoms. The monoisotopic (exact) mass is 227 g/mol. The third-order valence-corrected chi connectivity index (χ3v) is 1.69. The molecule has 1 rings (SSSR count). The van der Waals surface area contributed by atoms with Crippen molar-refractivity contribution in [2.75, 3.05) is 6.61 Å². The van der Waals surface area contributed by atoms with Gasteiger partial charge in [0.1, 0.15) is 5.82 Å². The molecule has 0 unspecified atom stereocenters. The minimum Gasteiger partial charge on any atom is -0.395 e. The van der Waals surface area contributed by atoms with Gasteiger partial charge in [0.15, 0.2) is 0 Å². The fraction of sp³-hybridized carbons (Fsp3) is 0.200. The van der Waals surface area contributed by atoms with Gasteiger partial charge in [-0.15, -0.1) is 0 Å². The normalized spacial score (nSPS) is 9.44. The summed E-state index contributed by atoms with van der Waals surface area (Å²) in [5.41, 5.74) is -1.09.